The Kier molecular flexibility index (Phi) is 7.04. The molecule has 1 unspecified atom stereocenters. The highest BCUT2D eigenvalue weighted by atomic mass is 79.9. The Morgan fingerprint density at radius 3 is 2.69 bits per heavy atom. The van der Waals surface area contributed by atoms with Crippen molar-refractivity contribution in [3.63, 3.8) is 0 Å². The number of ether oxygens (including phenoxy) is 1. The molecule has 1 saturated heterocycles. The van der Waals surface area contributed by atoms with Gasteiger partial charge in [-0.2, -0.15) is 4.39 Å². The predicted molar refractivity (Wildman–Crippen MR) is 147 cm³/mol. The number of hydrogen-bond donors (Lipinski definition) is 0. The zero-order valence-electron chi connectivity index (χ0n) is 22.0. The highest BCUT2D eigenvalue weighted by molar-refractivity contribution is 9.10. The fraction of sp³-hybridized carbons (Fsp3) is 0.357. The first-order valence-corrected chi connectivity index (χ1v) is 13.5. The van der Waals surface area contributed by atoms with E-state index in [2.05, 4.69) is 26.2 Å². The standard InChI is InChI=1S/C28H28BrF2N5O3/c1-5-39-23-9-7-18(25(30)26(23)31)21-15-36(33-32-21)17-10-11-28(2,3)35(14-17)27(38)20-13-24(37)34(4)22-8-6-16(29)12-19(20)22/h6-9,12-13,15,17H,5,10-11,14H2,1-4H3. The lowest BCUT2D eigenvalue weighted by molar-refractivity contribution is 0.0310. The molecule has 2 aromatic carbocycles. The first kappa shape index (κ1) is 27.0. The molecule has 1 aliphatic heterocycles. The van der Waals surface area contributed by atoms with Crippen LogP contribution in [-0.2, 0) is 7.05 Å². The number of aromatic nitrogens is 4. The van der Waals surface area contributed by atoms with Gasteiger partial charge in [0.1, 0.15) is 5.69 Å². The number of nitrogens with zero attached hydrogens (tertiary/aromatic N) is 5. The number of carbonyl (C=O) groups excluding carboxylic acids is 1. The van der Waals surface area contributed by atoms with E-state index in [0.717, 1.165) is 4.47 Å². The van der Waals surface area contributed by atoms with Crippen molar-refractivity contribution in [1.82, 2.24) is 24.5 Å². The molecule has 8 nitrogen and oxygen atoms in total. The van der Waals surface area contributed by atoms with Crippen LogP contribution in [0, 0.1) is 11.6 Å². The number of pyridine rings is 1. The Balaban J connectivity index is 1.47. The van der Waals surface area contributed by atoms with Crippen LogP contribution in [0.4, 0.5) is 8.78 Å². The van der Waals surface area contributed by atoms with Gasteiger partial charge in [0.2, 0.25) is 5.82 Å². The summed E-state index contributed by atoms with van der Waals surface area (Å²) >= 11 is 3.47. The van der Waals surface area contributed by atoms with Crippen LogP contribution < -0.4 is 10.3 Å². The maximum atomic E-state index is 14.8. The molecule has 0 spiro atoms. The molecule has 0 aliphatic carbocycles. The van der Waals surface area contributed by atoms with Crippen molar-refractivity contribution in [2.24, 2.45) is 7.05 Å². The van der Waals surface area contributed by atoms with Gasteiger partial charge in [0.05, 0.1) is 29.9 Å². The van der Waals surface area contributed by atoms with E-state index in [1.165, 1.54) is 22.8 Å². The highest BCUT2D eigenvalue weighted by Crippen LogP contribution is 2.36. The number of benzene rings is 2. The Hall–Kier alpha value is -3.60. The number of likely N-dealkylation sites (tertiary alicyclic amines) is 1. The molecular weight excluding hydrogens is 572 g/mol. The van der Waals surface area contributed by atoms with Crippen molar-refractivity contribution >= 4 is 32.7 Å². The summed E-state index contributed by atoms with van der Waals surface area (Å²) in [6.07, 6.45) is 2.92. The van der Waals surface area contributed by atoms with Crippen molar-refractivity contribution in [2.45, 2.75) is 45.2 Å². The number of fused-ring (bicyclic) bond motifs is 1. The summed E-state index contributed by atoms with van der Waals surface area (Å²) in [5.41, 5.74) is 0.383. The van der Waals surface area contributed by atoms with Crippen LogP contribution >= 0.6 is 15.9 Å². The van der Waals surface area contributed by atoms with Gasteiger partial charge in [-0.05, 0) is 63.9 Å². The molecule has 0 saturated carbocycles. The van der Waals surface area contributed by atoms with Gasteiger partial charge in [0.25, 0.3) is 11.5 Å². The summed E-state index contributed by atoms with van der Waals surface area (Å²) < 4.78 is 38.3. The van der Waals surface area contributed by atoms with Gasteiger partial charge >= 0.3 is 0 Å². The van der Waals surface area contributed by atoms with Gasteiger partial charge in [-0.3, -0.25) is 9.59 Å². The third kappa shape index (κ3) is 4.84. The maximum absolute atomic E-state index is 14.8. The van der Waals surface area contributed by atoms with Gasteiger partial charge in [0, 0.05) is 40.6 Å². The van der Waals surface area contributed by atoms with Gasteiger partial charge in [-0.25, -0.2) is 9.07 Å². The Labute approximate surface area is 232 Å². The van der Waals surface area contributed by atoms with E-state index in [1.54, 1.807) is 29.7 Å². The molecule has 39 heavy (non-hydrogen) atoms. The number of halogens is 3. The summed E-state index contributed by atoms with van der Waals surface area (Å²) in [4.78, 5) is 28.5. The number of rotatable bonds is 5. The minimum absolute atomic E-state index is 0.0246. The molecule has 5 rings (SSSR count). The molecule has 3 heterocycles. The van der Waals surface area contributed by atoms with E-state index >= 15 is 0 Å². The number of amides is 1. The molecule has 0 radical (unpaired) electrons. The van der Waals surface area contributed by atoms with Crippen LogP contribution in [0.15, 0.2) is 51.9 Å². The summed E-state index contributed by atoms with van der Waals surface area (Å²) in [7, 11) is 1.68. The first-order valence-electron chi connectivity index (χ1n) is 12.7. The minimum atomic E-state index is -1.08. The van der Waals surface area contributed by atoms with Crippen LogP contribution in [0.25, 0.3) is 22.2 Å². The molecule has 1 atom stereocenters. The van der Waals surface area contributed by atoms with E-state index in [4.69, 9.17) is 4.74 Å². The van der Waals surface area contributed by atoms with Crippen molar-refractivity contribution < 1.29 is 18.3 Å². The van der Waals surface area contributed by atoms with Gasteiger partial charge < -0.3 is 14.2 Å². The topological polar surface area (TPSA) is 82.2 Å². The third-order valence-electron chi connectivity index (χ3n) is 7.40. The summed E-state index contributed by atoms with van der Waals surface area (Å²) in [5.74, 6) is -2.55. The molecular formula is C28H28BrF2N5O3. The normalized spacial score (nSPS) is 17.0. The average molecular weight is 600 g/mol. The lowest BCUT2D eigenvalue weighted by Crippen LogP contribution is -2.53. The van der Waals surface area contributed by atoms with Gasteiger partial charge in [0.15, 0.2) is 11.6 Å². The molecule has 1 amide bonds. The average Bonchev–Trinajstić information content (AvgIpc) is 3.38. The molecule has 1 aliphatic rings. The van der Waals surface area contributed by atoms with Crippen molar-refractivity contribution in [3.8, 4) is 17.0 Å². The SMILES string of the molecule is CCOc1ccc(-c2cn(C3CCC(C)(C)N(C(=O)c4cc(=O)n(C)c5ccc(Br)cc45)C3)nn2)c(F)c1F. The zero-order chi connectivity index (χ0) is 28.1. The molecule has 0 N–H and O–H groups in total. The fourth-order valence-electron chi connectivity index (χ4n) is 5.11. The predicted octanol–water partition coefficient (Wildman–Crippen LogP) is 5.49. The second-order valence-electron chi connectivity index (χ2n) is 10.3. The van der Waals surface area contributed by atoms with E-state index in [0.29, 0.717) is 35.9 Å². The zero-order valence-corrected chi connectivity index (χ0v) is 23.6. The number of carbonyl (C=O) groups is 1. The van der Waals surface area contributed by atoms with E-state index in [9.17, 15) is 18.4 Å². The van der Waals surface area contributed by atoms with Crippen molar-refractivity contribution in [2.75, 3.05) is 13.2 Å². The minimum Gasteiger partial charge on any atom is -0.491 e. The number of piperidine rings is 1. The fourth-order valence-corrected chi connectivity index (χ4v) is 5.47. The van der Waals surface area contributed by atoms with Crippen molar-refractivity contribution in [1.29, 1.82) is 0 Å². The summed E-state index contributed by atoms with van der Waals surface area (Å²) in [6.45, 7) is 6.19. The maximum Gasteiger partial charge on any atom is 0.255 e. The molecule has 1 fully saturated rings. The third-order valence-corrected chi connectivity index (χ3v) is 7.90. The Morgan fingerprint density at radius 2 is 1.95 bits per heavy atom. The van der Waals surface area contributed by atoms with Crippen LogP contribution in [0.1, 0.15) is 50.0 Å². The van der Waals surface area contributed by atoms with E-state index in [-0.39, 0.29) is 41.1 Å². The second-order valence-corrected chi connectivity index (χ2v) is 11.2. The van der Waals surface area contributed by atoms with Crippen LogP contribution in [-0.4, -0.2) is 49.1 Å². The Morgan fingerprint density at radius 1 is 1.18 bits per heavy atom. The van der Waals surface area contributed by atoms with E-state index < -0.39 is 17.2 Å². The lowest BCUT2D eigenvalue weighted by Gasteiger charge is -2.45. The van der Waals surface area contributed by atoms with Crippen LogP contribution in [0.3, 0.4) is 0 Å². The molecule has 2 aromatic heterocycles. The number of hydrogen-bond acceptors (Lipinski definition) is 5. The smallest absolute Gasteiger partial charge is 0.255 e. The Bertz CT molecular complexity index is 1650. The van der Waals surface area contributed by atoms with Gasteiger partial charge in [-0.15, -0.1) is 5.10 Å². The van der Waals surface area contributed by atoms with E-state index in [1.807, 2.05) is 32.0 Å². The van der Waals surface area contributed by atoms with Crippen LogP contribution in [0.5, 0.6) is 5.75 Å². The van der Waals surface area contributed by atoms with Gasteiger partial charge in [-0.1, -0.05) is 21.1 Å². The number of aryl methyl sites for hydroxylation is 1. The molecule has 204 valence electrons. The summed E-state index contributed by atoms with van der Waals surface area (Å²) in [5, 5.41) is 8.96. The largest absolute Gasteiger partial charge is 0.491 e. The monoisotopic (exact) mass is 599 g/mol. The first-order chi connectivity index (χ1) is 18.5. The quantitative estimate of drug-likeness (QED) is 0.303. The highest BCUT2D eigenvalue weighted by Gasteiger charge is 2.39. The second kappa shape index (κ2) is 10.2. The molecule has 11 heteroatoms. The molecule has 0 bridgehead atoms. The summed E-state index contributed by atoms with van der Waals surface area (Å²) in [6, 6.07) is 9.39. The molecule has 4 aromatic rings. The lowest BCUT2D eigenvalue weighted by atomic mass is 9.87. The van der Waals surface area contributed by atoms with Crippen LogP contribution in [0.2, 0.25) is 0 Å². The van der Waals surface area contributed by atoms with Crippen molar-refractivity contribution in [3.05, 3.63) is 74.6 Å².